The zero-order chi connectivity index (χ0) is 16.9. The van der Waals surface area contributed by atoms with Crippen LogP contribution < -0.4 is 4.31 Å². The molecule has 4 nitrogen and oxygen atoms in total. The van der Waals surface area contributed by atoms with Crippen molar-refractivity contribution in [2.24, 2.45) is 0 Å². The average molecular weight is 334 g/mol. The van der Waals surface area contributed by atoms with E-state index >= 15 is 0 Å². The van der Waals surface area contributed by atoms with Gasteiger partial charge in [0.2, 0.25) is 0 Å². The fraction of sp³-hybridized carbons (Fsp3) is 0. The molecule has 0 saturated heterocycles. The highest BCUT2D eigenvalue weighted by Gasteiger charge is 2.14. The van der Waals surface area contributed by atoms with Gasteiger partial charge in [0.15, 0.2) is 0 Å². The summed E-state index contributed by atoms with van der Waals surface area (Å²) >= 11 is -2.16. The maximum Gasteiger partial charge on any atom is 0.266 e. The highest BCUT2D eigenvalue weighted by molar-refractivity contribution is 7.81. The van der Waals surface area contributed by atoms with Crippen LogP contribution in [0.1, 0.15) is 5.56 Å². The first kappa shape index (κ1) is 15.9. The molecule has 118 valence electrons. The predicted octanol–water partition coefficient (Wildman–Crippen LogP) is 4.50. The van der Waals surface area contributed by atoms with Crippen molar-refractivity contribution in [3.8, 4) is 17.2 Å². The average Bonchev–Trinajstić information content (AvgIpc) is 2.63. The molecule has 5 heteroatoms. The van der Waals surface area contributed by atoms with Gasteiger partial charge in [0, 0.05) is 0 Å². The minimum atomic E-state index is -2.16. The van der Waals surface area contributed by atoms with Crippen LogP contribution in [0.5, 0.6) is 0 Å². The van der Waals surface area contributed by atoms with Crippen molar-refractivity contribution >= 4 is 22.6 Å². The number of hydrogen-bond acceptors (Lipinski definition) is 2. The first-order valence-corrected chi connectivity index (χ1v) is 8.32. The van der Waals surface area contributed by atoms with Gasteiger partial charge in [-0.1, -0.05) is 42.5 Å². The van der Waals surface area contributed by atoms with E-state index in [4.69, 9.17) is 5.26 Å². The zero-order valence-electron chi connectivity index (χ0n) is 12.7. The van der Waals surface area contributed by atoms with Crippen molar-refractivity contribution in [3.05, 3.63) is 84.4 Å². The van der Waals surface area contributed by atoms with Gasteiger partial charge in [0.1, 0.15) is 0 Å². The van der Waals surface area contributed by atoms with Gasteiger partial charge in [-0.3, -0.25) is 4.55 Å². The maximum atomic E-state index is 11.7. The van der Waals surface area contributed by atoms with Crippen LogP contribution in [0.4, 0.5) is 11.4 Å². The Kier molecular flexibility index (Phi) is 4.71. The van der Waals surface area contributed by atoms with Gasteiger partial charge in [-0.05, 0) is 47.5 Å². The van der Waals surface area contributed by atoms with E-state index in [0.29, 0.717) is 16.9 Å². The van der Waals surface area contributed by atoms with E-state index in [2.05, 4.69) is 6.07 Å². The number of anilines is 2. The van der Waals surface area contributed by atoms with Gasteiger partial charge in [-0.25, -0.2) is 8.51 Å². The molecule has 0 aromatic heterocycles. The SMILES string of the molecule is N#Cc1ccc(-c2ccc(N(c3ccccc3)S(=O)O)cc2)cc1. The van der Waals surface area contributed by atoms with E-state index < -0.39 is 11.3 Å². The van der Waals surface area contributed by atoms with Crippen molar-refractivity contribution in [1.29, 1.82) is 5.26 Å². The van der Waals surface area contributed by atoms with Crippen molar-refractivity contribution in [3.63, 3.8) is 0 Å². The van der Waals surface area contributed by atoms with Crippen molar-refractivity contribution in [2.75, 3.05) is 4.31 Å². The van der Waals surface area contributed by atoms with Crippen molar-refractivity contribution in [1.82, 2.24) is 0 Å². The standard InChI is InChI=1S/C19H14N2O2S/c20-14-15-6-8-16(9-7-15)17-10-12-19(13-11-17)21(24(22)23)18-4-2-1-3-5-18/h1-13H,(H,22,23). The summed E-state index contributed by atoms with van der Waals surface area (Å²) in [5.41, 5.74) is 3.84. The molecule has 0 radical (unpaired) electrons. The minimum absolute atomic E-state index is 0.612. The molecule has 3 aromatic carbocycles. The second kappa shape index (κ2) is 7.09. The second-order valence-corrected chi connectivity index (χ2v) is 5.92. The van der Waals surface area contributed by atoms with Gasteiger partial charge >= 0.3 is 0 Å². The molecule has 1 atom stereocenters. The smallest absolute Gasteiger partial charge is 0.266 e. The summed E-state index contributed by atoms with van der Waals surface area (Å²) in [5.74, 6) is 0. The lowest BCUT2D eigenvalue weighted by atomic mass is 10.0. The molecule has 0 fully saturated rings. The molecule has 1 N–H and O–H groups in total. The number of nitrogens with zero attached hydrogens (tertiary/aromatic N) is 2. The van der Waals surface area contributed by atoms with Gasteiger partial charge in [-0.2, -0.15) is 5.26 Å². The number of hydrogen-bond donors (Lipinski definition) is 1. The van der Waals surface area contributed by atoms with Crippen LogP contribution in [-0.2, 0) is 11.3 Å². The summed E-state index contributed by atoms with van der Waals surface area (Å²) in [6.07, 6.45) is 0. The molecule has 0 heterocycles. The third-order valence-corrected chi connectivity index (χ3v) is 4.33. The molecule has 0 spiro atoms. The summed E-state index contributed by atoms with van der Waals surface area (Å²) in [6.45, 7) is 0. The van der Waals surface area contributed by atoms with Crippen LogP contribution in [0.15, 0.2) is 78.9 Å². The Hall–Kier alpha value is -2.94. The van der Waals surface area contributed by atoms with Crippen LogP contribution in [0.2, 0.25) is 0 Å². The molecular formula is C19H14N2O2S. The lowest BCUT2D eigenvalue weighted by molar-refractivity contribution is 0.564. The van der Waals surface area contributed by atoms with E-state index in [0.717, 1.165) is 11.1 Å². The van der Waals surface area contributed by atoms with Crippen molar-refractivity contribution in [2.45, 2.75) is 0 Å². The van der Waals surface area contributed by atoms with Gasteiger partial charge < -0.3 is 0 Å². The first-order valence-electron chi connectivity index (χ1n) is 7.26. The summed E-state index contributed by atoms with van der Waals surface area (Å²) in [6, 6.07) is 25.8. The normalized spacial score (nSPS) is 11.5. The molecule has 3 aromatic rings. The fourth-order valence-corrected chi connectivity index (χ4v) is 3.02. The van der Waals surface area contributed by atoms with Crippen LogP contribution in [0.3, 0.4) is 0 Å². The van der Waals surface area contributed by atoms with E-state index in [1.807, 2.05) is 42.5 Å². The Balaban J connectivity index is 1.92. The Morgan fingerprint density at radius 3 is 1.79 bits per heavy atom. The highest BCUT2D eigenvalue weighted by Crippen LogP contribution is 2.29. The zero-order valence-corrected chi connectivity index (χ0v) is 13.5. The molecular weight excluding hydrogens is 320 g/mol. The monoisotopic (exact) mass is 334 g/mol. The maximum absolute atomic E-state index is 11.7. The molecule has 0 aliphatic carbocycles. The van der Waals surface area contributed by atoms with E-state index in [1.54, 1.807) is 36.4 Å². The molecule has 0 amide bonds. The van der Waals surface area contributed by atoms with Crippen LogP contribution in [0, 0.1) is 11.3 Å². The molecule has 24 heavy (non-hydrogen) atoms. The quantitative estimate of drug-likeness (QED) is 0.714. The number of para-hydroxylation sites is 1. The van der Waals surface area contributed by atoms with Gasteiger partial charge in [0.05, 0.1) is 23.0 Å². The topological polar surface area (TPSA) is 64.3 Å². The Morgan fingerprint density at radius 1 is 0.792 bits per heavy atom. The Labute approximate surface area is 143 Å². The third kappa shape index (κ3) is 3.35. The van der Waals surface area contributed by atoms with Gasteiger partial charge in [0.25, 0.3) is 11.3 Å². The Bertz CT molecular complexity index is 885. The van der Waals surface area contributed by atoms with E-state index in [-0.39, 0.29) is 0 Å². The molecule has 0 bridgehead atoms. The Morgan fingerprint density at radius 2 is 1.29 bits per heavy atom. The number of nitriles is 1. The minimum Gasteiger partial charge on any atom is -0.289 e. The van der Waals surface area contributed by atoms with Crippen LogP contribution in [0.25, 0.3) is 11.1 Å². The van der Waals surface area contributed by atoms with Crippen molar-refractivity contribution < 1.29 is 8.76 Å². The molecule has 0 aliphatic heterocycles. The summed E-state index contributed by atoms with van der Waals surface area (Å²) in [7, 11) is 0. The highest BCUT2D eigenvalue weighted by atomic mass is 32.2. The lowest BCUT2D eigenvalue weighted by Crippen LogP contribution is -2.18. The van der Waals surface area contributed by atoms with E-state index in [9.17, 15) is 8.76 Å². The van der Waals surface area contributed by atoms with Gasteiger partial charge in [-0.15, -0.1) is 0 Å². The summed E-state index contributed by atoms with van der Waals surface area (Å²) in [4.78, 5) is 0. The van der Waals surface area contributed by atoms with E-state index in [1.165, 1.54) is 4.31 Å². The predicted molar refractivity (Wildman–Crippen MR) is 95.9 cm³/mol. The fourth-order valence-electron chi connectivity index (χ4n) is 2.42. The van der Waals surface area contributed by atoms with Crippen LogP contribution >= 0.6 is 0 Å². The summed E-state index contributed by atoms with van der Waals surface area (Å²) in [5, 5.41) is 8.85. The third-order valence-electron chi connectivity index (χ3n) is 3.60. The molecule has 3 rings (SSSR count). The first-order chi connectivity index (χ1) is 11.7. The lowest BCUT2D eigenvalue weighted by Gasteiger charge is -2.20. The molecule has 0 saturated carbocycles. The second-order valence-electron chi connectivity index (χ2n) is 5.10. The molecule has 0 aliphatic rings. The number of rotatable bonds is 4. The molecule has 1 unspecified atom stereocenters. The largest absolute Gasteiger partial charge is 0.289 e. The number of benzene rings is 3. The summed E-state index contributed by atoms with van der Waals surface area (Å²) < 4.78 is 22.7. The van der Waals surface area contributed by atoms with Crippen LogP contribution in [-0.4, -0.2) is 8.76 Å².